The molecule has 0 nitrogen and oxygen atoms in total. The molecule has 0 aromatic carbocycles. The first-order valence-corrected chi connectivity index (χ1v) is 7.96. The van der Waals surface area contributed by atoms with E-state index >= 15 is 0 Å². The molecule has 0 spiro atoms. The smallest absolute Gasteiger partial charge is 0.0174 e. The van der Waals surface area contributed by atoms with Crippen LogP contribution < -0.4 is 0 Å². The monoisotopic (exact) mass is 248 g/mol. The van der Waals surface area contributed by atoms with Gasteiger partial charge in [0.15, 0.2) is 0 Å². The lowest BCUT2D eigenvalue weighted by Crippen LogP contribution is -2.16. The molecule has 0 heterocycles. The van der Waals surface area contributed by atoms with Crippen molar-refractivity contribution in [1.29, 1.82) is 0 Å². The molecule has 2 atom stereocenters. The van der Waals surface area contributed by atoms with Crippen molar-refractivity contribution in [3.63, 3.8) is 0 Å². The second-order valence-corrected chi connectivity index (χ2v) is 6.38. The lowest BCUT2D eigenvalue weighted by molar-refractivity contribution is 0.340. The number of rotatable bonds is 7. The largest absolute Gasteiger partial charge is 0.0702 e. The fraction of sp³-hybridized carbons (Fsp3) is 0.778. The van der Waals surface area contributed by atoms with Crippen LogP contribution in [-0.4, -0.2) is 0 Å². The van der Waals surface area contributed by atoms with Gasteiger partial charge in [0.1, 0.15) is 0 Å². The molecule has 0 aliphatic heterocycles. The van der Waals surface area contributed by atoms with E-state index in [0.717, 1.165) is 17.8 Å². The number of allylic oxidation sites excluding steroid dienone is 4. The van der Waals surface area contributed by atoms with Gasteiger partial charge in [-0.05, 0) is 43.4 Å². The zero-order valence-electron chi connectivity index (χ0n) is 13.1. The molecule has 0 fully saturated rings. The van der Waals surface area contributed by atoms with Crippen molar-refractivity contribution in [3.8, 4) is 0 Å². The fourth-order valence-electron chi connectivity index (χ4n) is 2.93. The molecule has 0 aromatic heterocycles. The highest BCUT2D eigenvalue weighted by molar-refractivity contribution is 5.25. The van der Waals surface area contributed by atoms with E-state index in [0.29, 0.717) is 0 Å². The van der Waals surface area contributed by atoms with E-state index in [1.165, 1.54) is 38.5 Å². The van der Waals surface area contributed by atoms with Crippen molar-refractivity contribution in [1.82, 2.24) is 0 Å². The molecule has 2 unspecified atom stereocenters. The Bertz CT molecular complexity index is 293. The Hall–Kier alpha value is -0.520. The lowest BCUT2D eigenvalue weighted by atomic mass is 9.77. The average Bonchev–Trinajstić information content (AvgIpc) is 2.39. The zero-order chi connectivity index (χ0) is 13.5. The Kier molecular flexibility index (Phi) is 6.75. The summed E-state index contributed by atoms with van der Waals surface area (Å²) in [6, 6.07) is 0. The Morgan fingerprint density at radius 1 is 1.00 bits per heavy atom. The summed E-state index contributed by atoms with van der Waals surface area (Å²) in [7, 11) is 0. The highest BCUT2D eigenvalue weighted by atomic mass is 14.3. The molecule has 0 N–H and O–H groups in total. The van der Waals surface area contributed by atoms with Crippen molar-refractivity contribution < 1.29 is 0 Å². The van der Waals surface area contributed by atoms with Crippen molar-refractivity contribution in [2.45, 2.75) is 73.1 Å². The first-order chi connectivity index (χ1) is 8.58. The van der Waals surface area contributed by atoms with Crippen LogP contribution in [0.4, 0.5) is 0 Å². The molecule has 1 rings (SSSR count). The molecular weight excluding hydrogens is 216 g/mol. The molecule has 0 saturated carbocycles. The molecule has 104 valence electrons. The molecule has 18 heavy (non-hydrogen) atoms. The summed E-state index contributed by atoms with van der Waals surface area (Å²) in [5, 5.41) is 0. The minimum atomic E-state index is 0.826. The summed E-state index contributed by atoms with van der Waals surface area (Å²) in [6.45, 7) is 11.7. The van der Waals surface area contributed by atoms with Gasteiger partial charge in [0.2, 0.25) is 0 Å². The summed E-state index contributed by atoms with van der Waals surface area (Å²) < 4.78 is 0. The van der Waals surface area contributed by atoms with Crippen molar-refractivity contribution in [3.05, 3.63) is 23.3 Å². The van der Waals surface area contributed by atoms with Crippen LogP contribution in [0.3, 0.4) is 0 Å². The second-order valence-electron chi connectivity index (χ2n) is 6.38. The van der Waals surface area contributed by atoms with Crippen LogP contribution in [0.1, 0.15) is 73.1 Å². The van der Waals surface area contributed by atoms with E-state index in [2.05, 4.69) is 46.8 Å². The van der Waals surface area contributed by atoms with Gasteiger partial charge >= 0.3 is 0 Å². The van der Waals surface area contributed by atoms with Crippen LogP contribution in [0.15, 0.2) is 23.3 Å². The molecular formula is C18H32. The minimum Gasteiger partial charge on any atom is -0.0702 e. The van der Waals surface area contributed by atoms with Gasteiger partial charge in [-0.2, -0.15) is 0 Å². The predicted octanol–water partition coefficient (Wildman–Crippen LogP) is 6.14. The van der Waals surface area contributed by atoms with E-state index < -0.39 is 0 Å². The number of hydrogen-bond acceptors (Lipinski definition) is 0. The molecule has 0 bridgehead atoms. The van der Waals surface area contributed by atoms with Crippen LogP contribution in [-0.2, 0) is 0 Å². The highest BCUT2D eigenvalue weighted by Crippen LogP contribution is 2.35. The van der Waals surface area contributed by atoms with Gasteiger partial charge in [-0.15, -0.1) is 0 Å². The first-order valence-electron chi connectivity index (χ1n) is 7.96. The van der Waals surface area contributed by atoms with E-state index in [9.17, 15) is 0 Å². The molecule has 0 aromatic rings. The molecule has 0 saturated heterocycles. The summed E-state index contributed by atoms with van der Waals surface area (Å²) in [5.41, 5.74) is 3.35. The van der Waals surface area contributed by atoms with E-state index in [1.54, 1.807) is 11.1 Å². The Labute approximate surface area is 115 Å². The van der Waals surface area contributed by atoms with Crippen LogP contribution in [0.2, 0.25) is 0 Å². The molecule has 1 aliphatic rings. The maximum atomic E-state index is 2.44. The van der Waals surface area contributed by atoms with Crippen molar-refractivity contribution in [2.24, 2.45) is 17.8 Å². The molecule has 0 amide bonds. The Balaban J connectivity index is 2.71. The van der Waals surface area contributed by atoms with Gasteiger partial charge < -0.3 is 0 Å². The molecule has 0 radical (unpaired) electrons. The summed E-state index contributed by atoms with van der Waals surface area (Å²) in [5.74, 6) is 2.50. The van der Waals surface area contributed by atoms with Gasteiger partial charge in [-0.1, -0.05) is 70.8 Å². The van der Waals surface area contributed by atoms with Gasteiger partial charge in [0.05, 0.1) is 0 Å². The van der Waals surface area contributed by atoms with Crippen LogP contribution in [0.5, 0.6) is 0 Å². The van der Waals surface area contributed by atoms with Gasteiger partial charge in [0.25, 0.3) is 0 Å². The van der Waals surface area contributed by atoms with Crippen molar-refractivity contribution in [2.75, 3.05) is 0 Å². The third-order valence-electron chi connectivity index (χ3n) is 4.58. The van der Waals surface area contributed by atoms with E-state index in [-0.39, 0.29) is 0 Å². The summed E-state index contributed by atoms with van der Waals surface area (Å²) in [6.07, 6.45) is 12.7. The van der Waals surface area contributed by atoms with Gasteiger partial charge in [0, 0.05) is 0 Å². The van der Waals surface area contributed by atoms with Crippen LogP contribution in [0, 0.1) is 17.8 Å². The highest BCUT2D eigenvalue weighted by Gasteiger charge is 2.21. The fourth-order valence-corrected chi connectivity index (χ4v) is 2.93. The topological polar surface area (TPSA) is 0 Å². The maximum absolute atomic E-state index is 2.44. The Morgan fingerprint density at radius 2 is 1.72 bits per heavy atom. The first kappa shape index (κ1) is 15.5. The molecule has 0 heteroatoms. The van der Waals surface area contributed by atoms with E-state index in [1.807, 2.05) is 0 Å². The van der Waals surface area contributed by atoms with Gasteiger partial charge in [-0.3, -0.25) is 0 Å². The van der Waals surface area contributed by atoms with Gasteiger partial charge in [-0.25, -0.2) is 0 Å². The number of hydrogen-bond donors (Lipinski definition) is 0. The van der Waals surface area contributed by atoms with Crippen LogP contribution >= 0.6 is 0 Å². The maximum Gasteiger partial charge on any atom is -0.0174 e. The molecule has 1 aliphatic carbocycles. The van der Waals surface area contributed by atoms with E-state index in [4.69, 9.17) is 0 Å². The minimum absolute atomic E-state index is 0.826. The van der Waals surface area contributed by atoms with Crippen molar-refractivity contribution >= 4 is 0 Å². The lowest BCUT2D eigenvalue weighted by Gasteiger charge is -2.28. The zero-order valence-corrected chi connectivity index (χ0v) is 13.1. The average molecular weight is 248 g/mol. The SMILES string of the molecule is CCC1=CC=C(C(CCC(C)C)C(C)CC)CC1. The summed E-state index contributed by atoms with van der Waals surface area (Å²) >= 11 is 0. The third kappa shape index (κ3) is 4.63. The summed E-state index contributed by atoms with van der Waals surface area (Å²) in [4.78, 5) is 0. The normalized spacial score (nSPS) is 19.4. The Morgan fingerprint density at radius 3 is 2.17 bits per heavy atom. The second kappa shape index (κ2) is 7.81. The predicted molar refractivity (Wildman–Crippen MR) is 82.7 cm³/mol. The quantitative estimate of drug-likeness (QED) is 0.507. The third-order valence-corrected chi connectivity index (χ3v) is 4.58. The standard InChI is InChI=1S/C18H32/c1-6-15(5)18(13-8-14(3)4)17-11-9-16(7-2)10-12-17/h9,11,14-15,18H,6-8,10,12-13H2,1-5H3. The van der Waals surface area contributed by atoms with Crippen LogP contribution in [0.25, 0.3) is 0 Å².